The second-order valence-electron chi connectivity index (χ2n) is 8.57. The van der Waals surface area contributed by atoms with Crippen molar-refractivity contribution in [2.24, 2.45) is 0 Å². The summed E-state index contributed by atoms with van der Waals surface area (Å²) in [7, 11) is 1.67. The van der Waals surface area contributed by atoms with E-state index in [1.165, 1.54) is 44.1 Å². The van der Waals surface area contributed by atoms with E-state index in [0.29, 0.717) is 18.2 Å². The molecule has 7 heteroatoms. The van der Waals surface area contributed by atoms with E-state index in [4.69, 9.17) is 9.47 Å². The van der Waals surface area contributed by atoms with Gasteiger partial charge in [0.05, 0.1) is 25.3 Å². The molecule has 0 bridgehead atoms. The predicted octanol–water partition coefficient (Wildman–Crippen LogP) is 8.39. The number of hydrogen-bond acceptors (Lipinski definition) is 5. The molecule has 0 fully saturated rings. The number of ether oxygens (including phenoxy) is 2. The van der Waals surface area contributed by atoms with Gasteiger partial charge in [0.25, 0.3) is 0 Å². The van der Waals surface area contributed by atoms with Crippen molar-refractivity contribution in [2.45, 2.75) is 64.8 Å². The van der Waals surface area contributed by atoms with Gasteiger partial charge in [-0.25, -0.2) is 9.97 Å². The molecule has 0 aliphatic carbocycles. The first-order valence-electron chi connectivity index (χ1n) is 12.1. The molecule has 5 nitrogen and oxygen atoms in total. The van der Waals surface area contributed by atoms with Gasteiger partial charge >= 0.3 is 0 Å². The van der Waals surface area contributed by atoms with Gasteiger partial charge in [0.1, 0.15) is 11.6 Å². The van der Waals surface area contributed by atoms with Crippen LogP contribution in [0.2, 0.25) is 0 Å². The highest BCUT2D eigenvalue weighted by Crippen LogP contribution is 2.35. The van der Waals surface area contributed by atoms with E-state index in [-0.39, 0.29) is 6.04 Å². The van der Waals surface area contributed by atoms with E-state index in [9.17, 15) is 0 Å². The fraction of sp³-hybridized carbons (Fsp3) is 0.481. The highest BCUT2D eigenvalue weighted by atomic mass is 79.9. The summed E-state index contributed by atoms with van der Waals surface area (Å²) in [4.78, 5) is 9.35. The third-order valence-electron chi connectivity index (χ3n) is 5.83. The Bertz CT molecular complexity index is 1060. The summed E-state index contributed by atoms with van der Waals surface area (Å²) in [6.45, 7) is 4.72. The van der Waals surface area contributed by atoms with Crippen molar-refractivity contribution in [2.75, 3.05) is 24.4 Å². The van der Waals surface area contributed by atoms with Crippen LogP contribution in [0.25, 0.3) is 10.9 Å². The number of hydrogen-bond donors (Lipinski definition) is 1. The molecule has 1 heterocycles. The molecule has 0 saturated heterocycles. The minimum atomic E-state index is 0.0800. The second-order valence-corrected chi connectivity index (χ2v) is 10.3. The zero-order chi connectivity index (χ0) is 24.3. The fourth-order valence-corrected chi connectivity index (χ4v) is 4.78. The lowest BCUT2D eigenvalue weighted by Gasteiger charge is -2.18. The Hall–Kier alpha value is -1.86. The number of nitrogens with zero attached hydrogens (tertiary/aromatic N) is 2. The van der Waals surface area contributed by atoms with Crippen LogP contribution >= 0.6 is 31.9 Å². The van der Waals surface area contributed by atoms with Crippen molar-refractivity contribution in [3.8, 4) is 11.5 Å². The summed E-state index contributed by atoms with van der Waals surface area (Å²) in [5.74, 6) is 2.94. The molecule has 34 heavy (non-hydrogen) atoms. The average molecular weight is 593 g/mol. The summed E-state index contributed by atoms with van der Waals surface area (Å²) >= 11 is 7.05. The third-order valence-corrected chi connectivity index (χ3v) is 6.88. The number of alkyl halides is 1. The summed E-state index contributed by atoms with van der Waals surface area (Å²) in [5, 5.41) is 5.58. The quantitative estimate of drug-likeness (QED) is 0.150. The van der Waals surface area contributed by atoms with Gasteiger partial charge in [0.2, 0.25) is 0 Å². The molecular formula is C27H35Br2N3O2. The Balaban J connectivity index is 1.67. The van der Waals surface area contributed by atoms with Crippen LogP contribution in [0.1, 0.15) is 69.3 Å². The highest BCUT2D eigenvalue weighted by molar-refractivity contribution is 9.10. The van der Waals surface area contributed by atoms with Gasteiger partial charge in [-0.15, -0.1) is 0 Å². The third kappa shape index (κ3) is 7.84. The van der Waals surface area contributed by atoms with Gasteiger partial charge in [-0.3, -0.25) is 0 Å². The minimum absolute atomic E-state index is 0.0800. The number of fused-ring (bicyclic) bond motifs is 1. The van der Waals surface area contributed by atoms with E-state index < -0.39 is 0 Å². The minimum Gasteiger partial charge on any atom is -0.493 e. The maximum Gasteiger partial charge on any atom is 0.163 e. The lowest BCUT2D eigenvalue weighted by atomic mass is 10.1. The van der Waals surface area contributed by atoms with E-state index in [0.717, 1.165) is 38.7 Å². The lowest BCUT2D eigenvalue weighted by molar-refractivity contribution is 0.285. The Morgan fingerprint density at radius 2 is 1.68 bits per heavy atom. The van der Waals surface area contributed by atoms with Crippen LogP contribution < -0.4 is 14.8 Å². The molecule has 0 aliphatic heterocycles. The van der Waals surface area contributed by atoms with Gasteiger partial charge in [-0.2, -0.15) is 0 Å². The van der Waals surface area contributed by atoms with Crippen LogP contribution in [-0.4, -0.2) is 29.0 Å². The summed E-state index contributed by atoms with van der Waals surface area (Å²) in [6, 6.07) is 12.3. The average Bonchev–Trinajstić information content (AvgIpc) is 2.82. The number of aryl methyl sites for hydroxylation is 1. The molecule has 3 aromatic rings. The van der Waals surface area contributed by atoms with Gasteiger partial charge in [0, 0.05) is 21.3 Å². The zero-order valence-corrected chi connectivity index (χ0v) is 23.5. The standard InChI is InChI=1S/C27H35Br2N3O2/c1-19(21-12-11-13-22(29)16-21)30-27-23-17-25(33-3)26(18-24(23)31-20(2)32-27)34-15-10-8-6-4-5-7-9-14-28/h11-13,16-19H,4-10,14-15H2,1-3H3,(H,30,31,32). The molecule has 0 saturated carbocycles. The number of anilines is 1. The van der Waals surface area contributed by atoms with Crippen molar-refractivity contribution in [1.82, 2.24) is 9.97 Å². The first-order valence-corrected chi connectivity index (χ1v) is 14.0. The zero-order valence-electron chi connectivity index (χ0n) is 20.4. The molecular weight excluding hydrogens is 558 g/mol. The maximum atomic E-state index is 6.11. The van der Waals surface area contributed by atoms with Gasteiger partial charge < -0.3 is 14.8 Å². The van der Waals surface area contributed by atoms with Gasteiger partial charge in [-0.05, 0) is 50.5 Å². The number of rotatable bonds is 14. The number of methoxy groups -OCH3 is 1. The predicted molar refractivity (Wildman–Crippen MR) is 149 cm³/mol. The Labute approximate surface area is 220 Å². The molecule has 0 aliphatic rings. The molecule has 1 N–H and O–H groups in total. The lowest BCUT2D eigenvalue weighted by Crippen LogP contribution is -2.10. The molecule has 1 aromatic heterocycles. The topological polar surface area (TPSA) is 56.3 Å². The number of aromatic nitrogens is 2. The van der Waals surface area contributed by atoms with Crippen LogP contribution in [-0.2, 0) is 0 Å². The molecule has 184 valence electrons. The second kappa shape index (κ2) is 13.9. The first-order chi connectivity index (χ1) is 16.5. The van der Waals surface area contributed by atoms with Crippen molar-refractivity contribution in [3.05, 3.63) is 52.3 Å². The fourth-order valence-electron chi connectivity index (χ4n) is 3.96. The van der Waals surface area contributed by atoms with Gasteiger partial charge in [0.15, 0.2) is 11.5 Å². The van der Waals surface area contributed by atoms with Crippen LogP contribution in [0.3, 0.4) is 0 Å². The van der Waals surface area contributed by atoms with Crippen LogP contribution in [0.4, 0.5) is 5.82 Å². The smallest absolute Gasteiger partial charge is 0.163 e. The van der Waals surface area contributed by atoms with Gasteiger partial charge in [-0.1, -0.05) is 76.1 Å². The van der Waals surface area contributed by atoms with Crippen molar-refractivity contribution < 1.29 is 9.47 Å². The summed E-state index contributed by atoms with van der Waals surface area (Å²) in [6.07, 6.45) is 8.70. The molecule has 1 atom stereocenters. The largest absolute Gasteiger partial charge is 0.493 e. The van der Waals surface area contributed by atoms with E-state index >= 15 is 0 Å². The van der Waals surface area contributed by atoms with Crippen molar-refractivity contribution >= 4 is 48.6 Å². The van der Waals surface area contributed by atoms with Crippen LogP contribution in [0.5, 0.6) is 11.5 Å². The first kappa shape index (κ1) is 26.7. The molecule has 0 radical (unpaired) electrons. The number of halogens is 2. The van der Waals surface area contributed by atoms with Crippen LogP contribution in [0, 0.1) is 6.92 Å². The Kier molecular flexibility index (Phi) is 10.9. The maximum absolute atomic E-state index is 6.11. The SMILES string of the molecule is COc1cc2c(NC(C)c3cccc(Br)c3)nc(C)nc2cc1OCCCCCCCCCBr. The summed E-state index contributed by atoms with van der Waals surface area (Å²) in [5.41, 5.74) is 2.02. The molecule has 3 rings (SSSR count). The Morgan fingerprint density at radius 3 is 2.38 bits per heavy atom. The van der Waals surface area contributed by atoms with Crippen molar-refractivity contribution in [3.63, 3.8) is 0 Å². The van der Waals surface area contributed by atoms with Crippen LogP contribution in [0.15, 0.2) is 40.9 Å². The normalized spacial score (nSPS) is 12.0. The molecule has 0 spiro atoms. The number of nitrogens with one attached hydrogen (secondary N) is 1. The number of benzene rings is 2. The molecule has 1 unspecified atom stereocenters. The Morgan fingerprint density at radius 1 is 0.941 bits per heavy atom. The monoisotopic (exact) mass is 591 g/mol. The molecule has 2 aromatic carbocycles. The van der Waals surface area contributed by atoms with E-state index in [1.54, 1.807) is 7.11 Å². The summed E-state index contributed by atoms with van der Waals surface area (Å²) < 4.78 is 12.8. The van der Waals surface area contributed by atoms with Crippen molar-refractivity contribution in [1.29, 1.82) is 0 Å². The van der Waals surface area contributed by atoms with E-state index in [1.807, 2.05) is 31.2 Å². The van der Waals surface area contributed by atoms with E-state index in [2.05, 4.69) is 66.2 Å². The number of unbranched alkanes of at least 4 members (excludes halogenated alkanes) is 6. The molecule has 0 amide bonds. The highest BCUT2D eigenvalue weighted by Gasteiger charge is 2.15.